The van der Waals surface area contributed by atoms with Gasteiger partial charge in [0, 0.05) is 5.56 Å². The molecule has 0 aliphatic carbocycles. The highest BCUT2D eigenvalue weighted by Gasteiger charge is 2.10. The predicted molar refractivity (Wildman–Crippen MR) is 46.2 cm³/mol. The summed E-state index contributed by atoms with van der Waals surface area (Å²) in [5.41, 5.74) is 5.70. The fraction of sp³-hybridized carbons (Fsp3) is 0.222. The first kappa shape index (κ1) is 9.51. The van der Waals surface area contributed by atoms with E-state index < -0.39 is 11.7 Å². The van der Waals surface area contributed by atoms with Crippen molar-refractivity contribution >= 4 is 5.91 Å². The molecule has 0 aliphatic rings. The van der Waals surface area contributed by atoms with Crippen LogP contribution < -0.4 is 10.5 Å². The third kappa shape index (κ3) is 1.77. The van der Waals surface area contributed by atoms with Crippen LogP contribution in [0.15, 0.2) is 12.1 Å². The van der Waals surface area contributed by atoms with Crippen molar-refractivity contribution in [1.82, 2.24) is 0 Å². The molecule has 70 valence electrons. The Balaban J connectivity index is 3.28. The number of carbonyl (C=O) groups excluding carboxylic acids is 1. The van der Waals surface area contributed by atoms with E-state index in [4.69, 9.17) is 10.5 Å². The minimum absolute atomic E-state index is 0.144. The molecule has 0 unspecified atom stereocenters. The molecule has 0 aromatic heterocycles. The Morgan fingerprint density at radius 1 is 1.54 bits per heavy atom. The summed E-state index contributed by atoms with van der Waals surface area (Å²) < 4.78 is 17.9. The highest BCUT2D eigenvalue weighted by molar-refractivity contribution is 5.93. The van der Waals surface area contributed by atoms with Crippen molar-refractivity contribution in [3.63, 3.8) is 0 Å². The quantitative estimate of drug-likeness (QED) is 0.750. The molecule has 1 aromatic rings. The molecule has 1 rings (SSSR count). The average molecular weight is 183 g/mol. The maximum atomic E-state index is 13.1. The van der Waals surface area contributed by atoms with Crippen molar-refractivity contribution in [2.24, 2.45) is 5.73 Å². The van der Waals surface area contributed by atoms with Gasteiger partial charge in [0.1, 0.15) is 0 Å². The first-order chi connectivity index (χ1) is 6.06. The van der Waals surface area contributed by atoms with Gasteiger partial charge in [-0.3, -0.25) is 4.79 Å². The van der Waals surface area contributed by atoms with Gasteiger partial charge in [-0.2, -0.15) is 0 Å². The molecule has 13 heavy (non-hydrogen) atoms. The molecule has 4 heteroatoms. The molecule has 0 heterocycles. The maximum Gasteiger partial charge on any atom is 0.248 e. The van der Waals surface area contributed by atoms with E-state index in [-0.39, 0.29) is 11.3 Å². The zero-order chi connectivity index (χ0) is 10.0. The van der Waals surface area contributed by atoms with Crippen LogP contribution in [0.1, 0.15) is 15.9 Å². The van der Waals surface area contributed by atoms with Gasteiger partial charge in [0.05, 0.1) is 7.11 Å². The lowest BCUT2D eigenvalue weighted by Gasteiger charge is -2.06. The maximum absolute atomic E-state index is 13.1. The summed E-state index contributed by atoms with van der Waals surface area (Å²) in [5.74, 6) is -1.08. The van der Waals surface area contributed by atoms with Crippen molar-refractivity contribution in [3.05, 3.63) is 29.1 Å². The summed E-state index contributed by atoms with van der Waals surface area (Å²) in [7, 11) is 1.37. The molecule has 0 fully saturated rings. The molecule has 1 amide bonds. The van der Waals surface area contributed by atoms with Crippen LogP contribution >= 0.6 is 0 Å². The molecule has 3 nitrogen and oxygen atoms in total. The molecule has 0 radical (unpaired) electrons. The number of primary amides is 1. The van der Waals surface area contributed by atoms with Gasteiger partial charge in [0.2, 0.25) is 5.91 Å². The fourth-order valence-electron chi connectivity index (χ4n) is 1.13. The van der Waals surface area contributed by atoms with E-state index in [9.17, 15) is 9.18 Å². The highest BCUT2D eigenvalue weighted by Crippen LogP contribution is 2.23. The summed E-state index contributed by atoms with van der Waals surface area (Å²) in [6, 6.07) is 2.55. The minimum Gasteiger partial charge on any atom is -0.493 e. The van der Waals surface area contributed by atoms with Gasteiger partial charge in [-0.1, -0.05) is 0 Å². The number of hydrogen-bond donors (Lipinski definition) is 1. The Labute approximate surface area is 75.3 Å². The molecule has 1 aromatic carbocycles. The van der Waals surface area contributed by atoms with Crippen molar-refractivity contribution in [2.45, 2.75) is 6.92 Å². The average Bonchev–Trinajstić information content (AvgIpc) is 2.03. The fourth-order valence-corrected chi connectivity index (χ4v) is 1.13. The Bertz CT molecular complexity index is 326. The van der Waals surface area contributed by atoms with Gasteiger partial charge < -0.3 is 10.5 Å². The first-order valence-electron chi connectivity index (χ1n) is 3.70. The van der Waals surface area contributed by atoms with E-state index in [1.807, 2.05) is 0 Å². The van der Waals surface area contributed by atoms with Crippen LogP contribution in [-0.2, 0) is 0 Å². The highest BCUT2D eigenvalue weighted by atomic mass is 19.1. The zero-order valence-electron chi connectivity index (χ0n) is 7.43. The Morgan fingerprint density at radius 3 is 2.54 bits per heavy atom. The molecule has 2 N–H and O–H groups in total. The molecule has 0 spiro atoms. The molecule has 0 saturated carbocycles. The number of methoxy groups -OCH3 is 1. The van der Waals surface area contributed by atoms with Crippen LogP contribution in [0.3, 0.4) is 0 Å². The van der Waals surface area contributed by atoms with Gasteiger partial charge in [0.15, 0.2) is 11.6 Å². The largest absolute Gasteiger partial charge is 0.493 e. The molecule has 0 bridgehead atoms. The summed E-state index contributed by atoms with van der Waals surface area (Å²) in [5, 5.41) is 0. The van der Waals surface area contributed by atoms with Gasteiger partial charge in [-0.15, -0.1) is 0 Å². The van der Waals surface area contributed by atoms with Gasteiger partial charge in [-0.25, -0.2) is 4.39 Å². The van der Waals surface area contributed by atoms with E-state index in [0.717, 1.165) is 6.07 Å². The van der Waals surface area contributed by atoms with Crippen molar-refractivity contribution in [3.8, 4) is 5.75 Å². The number of aryl methyl sites for hydroxylation is 1. The standard InChI is InChI=1S/C9H10FNO2/c1-5-3-6(9(11)12)4-7(10)8(5)13-2/h3-4H,1-2H3,(H2,11,12). The van der Waals surface area contributed by atoms with E-state index in [0.29, 0.717) is 5.56 Å². The summed E-state index contributed by atoms with van der Waals surface area (Å²) in [4.78, 5) is 10.7. The summed E-state index contributed by atoms with van der Waals surface area (Å²) >= 11 is 0. The van der Waals surface area contributed by atoms with E-state index >= 15 is 0 Å². The lowest BCUT2D eigenvalue weighted by molar-refractivity contribution is 0.0999. The monoisotopic (exact) mass is 183 g/mol. The smallest absolute Gasteiger partial charge is 0.248 e. The van der Waals surface area contributed by atoms with Crippen molar-refractivity contribution in [1.29, 1.82) is 0 Å². The zero-order valence-corrected chi connectivity index (χ0v) is 7.43. The normalized spacial score (nSPS) is 9.77. The van der Waals surface area contributed by atoms with Crippen LogP contribution in [0.4, 0.5) is 4.39 Å². The van der Waals surface area contributed by atoms with E-state index in [1.54, 1.807) is 6.92 Å². The Hall–Kier alpha value is -1.58. The van der Waals surface area contributed by atoms with E-state index in [2.05, 4.69) is 0 Å². The second-order valence-corrected chi connectivity index (χ2v) is 2.67. The molecular formula is C9H10FNO2. The number of hydrogen-bond acceptors (Lipinski definition) is 2. The number of benzene rings is 1. The number of rotatable bonds is 2. The lowest BCUT2D eigenvalue weighted by Crippen LogP contribution is -2.11. The van der Waals surface area contributed by atoms with Crippen LogP contribution in [0.2, 0.25) is 0 Å². The summed E-state index contributed by atoms with van der Waals surface area (Å²) in [6.45, 7) is 1.65. The Morgan fingerprint density at radius 2 is 2.15 bits per heavy atom. The van der Waals surface area contributed by atoms with E-state index in [1.165, 1.54) is 13.2 Å². The molecule has 0 atom stereocenters. The van der Waals surface area contributed by atoms with Crippen LogP contribution in [0.25, 0.3) is 0 Å². The number of halogens is 1. The number of nitrogens with two attached hydrogens (primary N) is 1. The second-order valence-electron chi connectivity index (χ2n) is 2.67. The SMILES string of the molecule is COc1c(C)cc(C(N)=O)cc1F. The molecule has 0 saturated heterocycles. The number of amides is 1. The van der Waals surface area contributed by atoms with Crippen molar-refractivity contribution in [2.75, 3.05) is 7.11 Å². The third-order valence-electron chi connectivity index (χ3n) is 1.72. The minimum atomic E-state index is -0.648. The van der Waals surface area contributed by atoms with Crippen LogP contribution in [0.5, 0.6) is 5.75 Å². The number of ether oxygens (including phenoxy) is 1. The first-order valence-corrected chi connectivity index (χ1v) is 3.70. The number of carbonyl (C=O) groups is 1. The second kappa shape index (κ2) is 3.43. The molecular weight excluding hydrogens is 173 g/mol. The van der Waals surface area contributed by atoms with Gasteiger partial charge in [-0.05, 0) is 24.6 Å². The van der Waals surface area contributed by atoms with Gasteiger partial charge >= 0.3 is 0 Å². The summed E-state index contributed by atoms with van der Waals surface area (Å²) in [6.07, 6.45) is 0. The van der Waals surface area contributed by atoms with Crippen LogP contribution in [-0.4, -0.2) is 13.0 Å². The van der Waals surface area contributed by atoms with Crippen molar-refractivity contribution < 1.29 is 13.9 Å². The lowest BCUT2D eigenvalue weighted by atomic mass is 10.1. The predicted octanol–water partition coefficient (Wildman–Crippen LogP) is 1.24. The van der Waals surface area contributed by atoms with Crippen LogP contribution in [0, 0.1) is 12.7 Å². The third-order valence-corrected chi connectivity index (χ3v) is 1.72. The molecule has 0 aliphatic heterocycles. The Kier molecular flexibility index (Phi) is 2.51. The topological polar surface area (TPSA) is 52.3 Å². The van der Waals surface area contributed by atoms with Gasteiger partial charge in [0.25, 0.3) is 0 Å².